The van der Waals surface area contributed by atoms with E-state index in [2.05, 4.69) is 0 Å². The number of aliphatic hydroxyl groups excluding tert-OH is 5. The van der Waals surface area contributed by atoms with Gasteiger partial charge in [-0.2, -0.15) is 0 Å². The van der Waals surface area contributed by atoms with Crippen LogP contribution in [-0.4, -0.2) is 168 Å². The Morgan fingerprint density at radius 2 is 0.921 bits per heavy atom. The fraction of sp³-hybridized carbons (Fsp3) is 1.00. The molecule has 5 N–H and O–H groups in total. The van der Waals surface area contributed by atoms with Crippen LogP contribution in [0.25, 0.3) is 0 Å². The average Bonchev–Trinajstić information content (AvgIpc) is 2.94. The molecule has 0 radical (unpaired) electrons. The zero-order valence-corrected chi connectivity index (χ0v) is 25.8. The van der Waals surface area contributed by atoms with Crippen LogP contribution in [0, 0.1) is 0 Å². The molecular formula is C22H51NO13Si2. The van der Waals surface area contributed by atoms with Crippen LogP contribution in [0.3, 0.4) is 0 Å². The van der Waals surface area contributed by atoms with Crippen molar-refractivity contribution in [2.24, 2.45) is 0 Å². The summed E-state index contributed by atoms with van der Waals surface area (Å²) in [6.45, 7) is -1.33. The van der Waals surface area contributed by atoms with Crippen molar-refractivity contribution in [1.29, 1.82) is 0 Å². The molecule has 38 heavy (non-hydrogen) atoms. The minimum absolute atomic E-state index is 0.0346. The zero-order valence-electron chi connectivity index (χ0n) is 23.8. The third-order valence-corrected chi connectivity index (χ3v) is 12.1. The Bertz CT molecular complexity index is 507. The number of aliphatic hydroxyl groups is 5. The topological polar surface area (TPSA) is 178 Å². The number of ether oxygens (including phenoxy) is 2. The van der Waals surface area contributed by atoms with Crippen molar-refractivity contribution in [1.82, 2.24) is 4.90 Å². The van der Waals surface area contributed by atoms with Crippen LogP contribution in [0.4, 0.5) is 0 Å². The molecule has 0 aromatic carbocycles. The Kier molecular flexibility index (Phi) is 20.6. The lowest BCUT2D eigenvalue weighted by molar-refractivity contribution is -0.0929. The average molecular weight is 594 g/mol. The van der Waals surface area contributed by atoms with Gasteiger partial charge in [-0.05, 0) is 12.8 Å². The van der Waals surface area contributed by atoms with Gasteiger partial charge in [-0.15, -0.1) is 0 Å². The number of hydrogen-bond acceptors (Lipinski definition) is 14. The highest BCUT2D eigenvalue weighted by Gasteiger charge is 2.39. The Balaban J connectivity index is 4.81. The first kappa shape index (κ1) is 37.9. The van der Waals surface area contributed by atoms with E-state index in [1.165, 1.54) is 47.6 Å². The fourth-order valence-electron chi connectivity index (χ4n) is 3.86. The van der Waals surface area contributed by atoms with Crippen molar-refractivity contribution in [3.63, 3.8) is 0 Å². The summed E-state index contributed by atoms with van der Waals surface area (Å²) in [5, 5.41) is 50.8. The summed E-state index contributed by atoms with van der Waals surface area (Å²) < 4.78 is 43.3. The minimum Gasteiger partial charge on any atom is -0.394 e. The van der Waals surface area contributed by atoms with Gasteiger partial charge in [0.05, 0.1) is 50.8 Å². The van der Waals surface area contributed by atoms with Crippen molar-refractivity contribution in [3.05, 3.63) is 0 Å². The summed E-state index contributed by atoms with van der Waals surface area (Å²) in [7, 11) is 3.79. The summed E-state index contributed by atoms with van der Waals surface area (Å²) in [5.41, 5.74) is -1.46. The second-order valence-electron chi connectivity index (χ2n) is 8.86. The molecule has 0 rings (SSSR count). The third-order valence-electron chi connectivity index (χ3n) is 6.45. The van der Waals surface area contributed by atoms with Crippen molar-refractivity contribution in [2.45, 2.75) is 42.7 Å². The van der Waals surface area contributed by atoms with E-state index in [4.69, 9.17) is 36.0 Å². The van der Waals surface area contributed by atoms with E-state index in [1.54, 1.807) is 0 Å². The van der Waals surface area contributed by atoms with E-state index in [-0.39, 0.29) is 26.3 Å². The predicted octanol–water partition coefficient (Wildman–Crippen LogP) is -1.70. The molecule has 0 fully saturated rings. The molecule has 16 heteroatoms. The van der Waals surface area contributed by atoms with Gasteiger partial charge in [0.15, 0.2) is 0 Å². The monoisotopic (exact) mass is 593 g/mol. The van der Waals surface area contributed by atoms with Gasteiger partial charge < -0.3 is 61.6 Å². The van der Waals surface area contributed by atoms with E-state index < -0.39 is 55.2 Å². The van der Waals surface area contributed by atoms with Crippen LogP contribution in [0.1, 0.15) is 12.8 Å². The number of nitrogens with zero attached hydrogens (tertiary/aromatic N) is 1. The van der Waals surface area contributed by atoms with Crippen LogP contribution < -0.4 is 0 Å². The molecule has 2 unspecified atom stereocenters. The van der Waals surface area contributed by atoms with Gasteiger partial charge in [0.1, 0.15) is 0 Å². The highest BCUT2D eigenvalue weighted by Crippen LogP contribution is 2.18. The van der Waals surface area contributed by atoms with Crippen LogP contribution in [0.15, 0.2) is 0 Å². The van der Waals surface area contributed by atoms with Crippen molar-refractivity contribution in [3.8, 4) is 0 Å². The third kappa shape index (κ3) is 12.6. The smallest absolute Gasteiger partial charge is 0.394 e. The van der Waals surface area contributed by atoms with Crippen molar-refractivity contribution < 1.29 is 61.6 Å². The first-order valence-corrected chi connectivity index (χ1v) is 16.4. The summed E-state index contributed by atoms with van der Waals surface area (Å²) in [6, 6.07) is 1.08. The summed E-state index contributed by atoms with van der Waals surface area (Å²) >= 11 is 0. The Morgan fingerprint density at radius 3 is 1.18 bits per heavy atom. The van der Waals surface area contributed by atoms with Crippen LogP contribution in [0.5, 0.6) is 0 Å². The molecule has 14 nitrogen and oxygen atoms in total. The van der Waals surface area contributed by atoms with Crippen molar-refractivity contribution in [2.75, 3.05) is 102 Å². The highest BCUT2D eigenvalue weighted by atomic mass is 28.4. The standard InChI is InChI=1S/C22H51NO13Si2/c1-29-37(30-2,31-3)11-7-9-35-15-20(27)13-23(22(17-24,18-25)19-26)14-21(28)16-36-10-8-12-38(32-4,33-5)34-6/h20-21,24-28H,7-19H2,1-6H3. The first-order valence-electron chi connectivity index (χ1n) is 12.6. The predicted molar refractivity (Wildman–Crippen MR) is 142 cm³/mol. The summed E-state index contributed by atoms with van der Waals surface area (Å²) in [4.78, 5) is 1.45. The zero-order chi connectivity index (χ0) is 29.1. The SMILES string of the molecule is CO[Si](CCCOCC(O)CN(CC(O)COCCC[Si](OC)(OC)OC)C(CO)(CO)CO)(OC)OC. The Hall–Kier alpha value is -0.126. The molecule has 0 saturated carbocycles. The second-order valence-corrected chi connectivity index (χ2v) is 15.0. The lowest BCUT2D eigenvalue weighted by Gasteiger charge is -2.42. The number of rotatable bonds is 26. The normalized spacial score (nSPS) is 14.8. The Morgan fingerprint density at radius 1 is 0.605 bits per heavy atom. The molecule has 0 bridgehead atoms. The maximum atomic E-state index is 10.6. The molecule has 0 aliphatic heterocycles. The molecule has 0 saturated heterocycles. The van der Waals surface area contributed by atoms with E-state index in [0.29, 0.717) is 38.1 Å². The molecular weight excluding hydrogens is 542 g/mol. The first-order chi connectivity index (χ1) is 18.1. The van der Waals surface area contributed by atoms with E-state index >= 15 is 0 Å². The number of β-amino-alcohol motifs (C(OH)–C–C–N with tert-alkyl or cyclic N) is 2. The van der Waals surface area contributed by atoms with Gasteiger partial charge in [-0.25, -0.2) is 0 Å². The quantitative estimate of drug-likeness (QED) is 0.0566. The van der Waals surface area contributed by atoms with E-state index in [9.17, 15) is 25.5 Å². The molecule has 2 atom stereocenters. The van der Waals surface area contributed by atoms with Gasteiger partial charge in [0, 0.05) is 81.1 Å². The summed E-state index contributed by atoms with van der Waals surface area (Å²) in [6.07, 6.45) is -0.858. The molecule has 0 amide bonds. The molecule has 230 valence electrons. The number of hydrogen-bond donors (Lipinski definition) is 5. The highest BCUT2D eigenvalue weighted by molar-refractivity contribution is 6.60. The van der Waals surface area contributed by atoms with E-state index in [1.807, 2.05) is 0 Å². The van der Waals surface area contributed by atoms with Gasteiger partial charge >= 0.3 is 17.6 Å². The maximum Gasteiger partial charge on any atom is 0.500 e. The Labute approximate surface area is 229 Å². The lowest BCUT2D eigenvalue weighted by Crippen LogP contribution is -2.61. The maximum absolute atomic E-state index is 10.6. The minimum atomic E-state index is -2.70. The molecule has 0 spiro atoms. The van der Waals surface area contributed by atoms with Gasteiger partial charge in [-0.3, -0.25) is 4.90 Å². The van der Waals surface area contributed by atoms with Crippen molar-refractivity contribution >= 4 is 17.6 Å². The van der Waals surface area contributed by atoms with Gasteiger partial charge in [0.25, 0.3) is 0 Å². The van der Waals surface area contributed by atoms with Gasteiger partial charge in [0.2, 0.25) is 0 Å². The molecule has 0 heterocycles. The summed E-state index contributed by atoms with van der Waals surface area (Å²) in [5.74, 6) is 0. The van der Waals surface area contributed by atoms with Crippen LogP contribution >= 0.6 is 0 Å². The van der Waals surface area contributed by atoms with Gasteiger partial charge in [-0.1, -0.05) is 0 Å². The lowest BCUT2D eigenvalue weighted by atomic mass is 9.99. The fourth-order valence-corrected chi connectivity index (χ4v) is 7.24. The van der Waals surface area contributed by atoms with Crippen LogP contribution in [-0.2, 0) is 36.0 Å². The van der Waals surface area contributed by atoms with Crippen LogP contribution in [0.2, 0.25) is 12.1 Å². The van der Waals surface area contributed by atoms with E-state index in [0.717, 1.165) is 0 Å². The molecule has 0 aliphatic rings. The largest absolute Gasteiger partial charge is 0.500 e. The molecule has 0 aromatic heterocycles. The molecule has 0 aromatic rings. The second kappa shape index (κ2) is 20.7. The molecule has 0 aliphatic carbocycles.